The van der Waals surface area contributed by atoms with Crippen molar-refractivity contribution < 1.29 is 84.7 Å². The van der Waals surface area contributed by atoms with E-state index in [-0.39, 0.29) is 69.7 Å². The lowest BCUT2D eigenvalue weighted by Crippen LogP contribution is -2.28. The second-order valence-corrected chi connectivity index (χ2v) is 43.7. The first kappa shape index (κ1) is 115. The third-order valence-electron chi connectivity index (χ3n) is 24.5. The number of carbonyl (C=O) groups is 5. The van der Waals surface area contributed by atoms with Crippen LogP contribution in [0.15, 0.2) is 149 Å². The van der Waals surface area contributed by atoms with Crippen LogP contribution in [-0.4, -0.2) is 124 Å². The molecule has 3 atom stereocenters. The smallest absolute Gasteiger partial charge is 0.361 e. The number of hydrogen-bond donors (Lipinski definition) is 5. The molecule has 30 heteroatoms. The van der Waals surface area contributed by atoms with E-state index < -0.39 is 40.7 Å². The highest BCUT2D eigenvalue weighted by molar-refractivity contribution is 9.11. The Morgan fingerprint density at radius 2 is 0.715 bits per heavy atom. The summed E-state index contributed by atoms with van der Waals surface area (Å²) in [4.78, 5) is 70.8. The molecular weight excluding hydrogens is 1900 g/mol. The van der Waals surface area contributed by atoms with Crippen LogP contribution in [0.3, 0.4) is 0 Å². The van der Waals surface area contributed by atoms with Gasteiger partial charge in [0.15, 0.2) is 5.71 Å². The van der Waals surface area contributed by atoms with Crippen molar-refractivity contribution in [2.45, 2.75) is 296 Å². The number of carboxylic acid groups (broad SMARTS) is 3. The summed E-state index contributed by atoms with van der Waals surface area (Å²) < 4.78 is 77.3. The van der Waals surface area contributed by atoms with Crippen molar-refractivity contribution in [2.75, 3.05) is 51.6 Å². The Bertz CT molecular complexity index is 5110. The Morgan fingerprint density at radius 1 is 0.408 bits per heavy atom. The van der Waals surface area contributed by atoms with Crippen LogP contribution in [0, 0.1) is 11.8 Å². The number of nitrogens with zero attached hydrogens (tertiary/aromatic N) is 5. The number of anilines is 1. The third kappa shape index (κ3) is 32.4. The molecule has 130 heavy (non-hydrogen) atoms. The predicted molar refractivity (Wildman–Crippen MR) is 545 cm³/mol. The van der Waals surface area contributed by atoms with Gasteiger partial charge in [0.2, 0.25) is 5.69 Å². The highest BCUT2D eigenvalue weighted by atomic mass is 79.9. The van der Waals surface area contributed by atoms with Crippen LogP contribution >= 0.6 is 70.6 Å². The molecule has 0 saturated carbocycles. The van der Waals surface area contributed by atoms with Crippen molar-refractivity contribution in [3.63, 3.8) is 0 Å². The standard InChI is InChI=1S/C20H30NO5P.C17H27NO3P.C16H20BrNO2.C15H22NO3P.C11H12BrN.C10H18O3.C6H7BrN2.C5H10O/c1-5-25-27(24,26-6-2)16-11-12-18-17(14-16)20(4,15(3)21-18)13-9-7-8-10-19(22)23;1-7-18-13(4)17(5,6)15-12-14(10-11-16(15)18)22(19,20-8-2)21-9-3;1-11-16(2,9-5-3-4-6-15(19)20)13-10-12(17)7-8-14(13)18-11;1-6-18-20(17,19-7-2)12-8-9-14-13(10-12)15(4,5)11(3)16-14;1-7-11(2,3)9-6-8(12)4-5-10(9)13-7;1-8(9(2)11)6-4-3-5-7-10(12)13;7-5-1-3-6(9-8)4-2-5;1-4(2)5(3)6/h11-12,14H,5-10,13H2,1-4H3,(H,22,23);10-12H,7-9H2,1-6H3;7-8,10H,3-6,9H2,1-2H3,(H,19,20);8-10H,6-7H2,1-5H3;4-6H,1-3H3;8H,3-7H2,1-2H3,(H,12,13);1-4,9H,8H2;4H,1-3H3/q;+1;;;;;;. The Hall–Kier alpha value is -6.93. The molecule has 6 N–H and O–H groups in total. The lowest BCUT2D eigenvalue weighted by Gasteiger charge is -2.27. The van der Waals surface area contributed by atoms with Gasteiger partial charge < -0.3 is 47.9 Å². The van der Waals surface area contributed by atoms with Gasteiger partial charge in [0.05, 0.1) is 83.7 Å². The summed E-state index contributed by atoms with van der Waals surface area (Å²) in [6, 6.07) is 37.2. The zero-order chi connectivity index (χ0) is 98.1. The third-order valence-corrected chi connectivity index (χ3v) is 32.3. The van der Waals surface area contributed by atoms with E-state index >= 15 is 0 Å². The topological polar surface area (TPSA) is 343 Å². The molecule has 6 aromatic rings. The van der Waals surface area contributed by atoms with Gasteiger partial charge in [0.25, 0.3) is 0 Å². The van der Waals surface area contributed by atoms with Crippen LogP contribution in [-0.2, 0) is 91.9 Å². The zero-order valence-electron chi connectivity index (χ0n) is 81.5. The normalized spacial score (nSPS) is 16.8. The van der Waals surface area contributed by atoms with Gasteiger partial charge >= 0.3 is 40.7 Å². The molecule has 0 bridgehead atoms. The summed E-state index contributed by atoms with van der Waals surface area (Å²) in [5.74, 6) is 3.76. The number of unbranched alkanes of at least 4 members (excludes halogenated alkanes) is 6. The highest BCUT2D eigenvalue weighted by Crippen LogP contribution is 2.54. The molecule has 6 aromatic carbocycles. The van der Waals surface area contributed by atoms with Crippen LogP contribution < -0.4 is 27.2 Å². The van der Waals surface area contributed by atoms with Crippen molar-refractivity contribution in [1.82, 2.24) is 0 Å². The maximum Gasteiger partial charge on any atom is 0.361 e. The number of rotatable bonds is 37. The monoisotopic (exact) mass is 2050 g/mol. The number of fused-ring (bicyclic) bond motifs is 5. The Balaban J connectivity index is 0.000000320. The number of nitrogens with one attached hydrogen (secondary N) is 1. The van der Waals surface area contributed by atoms with Crippen LogP contribution in [0.2, 0.25) is 0 Å². The van der Waals surface area contributed by atoms with Crippen molar-refractivity contribution >= 4 is 179 Å². The van der Waals surface area contributed by atoms with E-state index in [2.05, 4.69) is 180 Å². The number of nitrogen functional groups attached to an aromatic ring is 1. The first-order valence-electron chi connectivity index (χ1n) is 45.3. The summed E-state index contributed by atoms with van der Waals surface area (Å²) >= 11 is 10.3. The van der Waals surface area contributed by atoms with Crippen LogP contribution in [0.5, 0.6) is 0 Å². The van der Waals surface area contributed by atoms with Crippen molar-refractivity contribution in [3.8, 4) is 0 Å². The zero-order valence-corrected chi connectivity index (χ0v) is 89.0. The maximum absolute atomic E-state index is 13.1. The fraction of sp³-hybridized carbons (Fsp3) is 0.540. The molecule has 0 saturated heterocycles. The minimum Gasteiger partial charge on any atom is -0.481 e. The largest absolute Gasteiger partial charge is 0.481 e. The van der Waals surface area contributed by atoms with Gasteiger partial charge in [0.1, 0.15) is 18.1 Å². The van der Waals surface area contributed by atoms with Gasteiger partial charge in [-0.1, -0.05) is 149 Å². The average Bonchev–Trinajstić information content (AvgIpc) is 1.58. The number of hydrogen-bond acceptors (Lipinski definition) is 20. The molecule has 0 radical (unpaired) electrons. The summed E-state index contributed by atoms with van der Waals surface area (Å²) in [6.45, 7) is 52.7. The molecule has 5 aliphatic rings. The number of hydrazine groups is 1. The van der Waals surface area contributed by atoms with Crippen molar-refractivity contribution in [3.05, 3.63) is 156 Å². The molecule has 5 heterocycles. The molecule has 718 valence electrons. The molecule has 0 fully saturated rings. The van der Waals surface area contributed by atoms with E-state index in [1.165, 1.54) is 33.8 Å². The molecule has 11 rings (SSSR count). The van der Waals surface area contributed by atoms with Crippen LogP contribution in [0.4, 0.5) is 34.1 Å². The molecule has 0 spiro atoms. The minimum absolute atomic E-state index is 0.0116. The van der Waals surface area contributed by atoms with E-state index in [9.17, 15) is 37.7 Å². The van der Waals surface area contributed by atoms with Gasteiger partial charge in [0, 0.05) is 113 Å². The van der Waals surface area contributed by atoms with Gasteiger partial charge in [-0.05, 0) is 274 Å². The molecule has 0 aliphatic carbocycles. The lowest BCUT2D eigenvalue weighted by atomic mass is 9.76. The van der Waals surface area contributed by atoms with E-state index in [1.807, 2.05) is 141 Å². The fourth-order valence-corrected chi connectivity index (χ4v) is 20.8. The summed E-state index contributed by atoms with van der Waals surface area (Å²) in [6.07, 6.45) is 11.3. The minimum atomic E-state index is -3.34. The first-order valence-corrected chi connectivity index (χ1v) is 52.3. The Labute approximate surface area is 799 Å². The second-order valence-electron chi connectivity index (χ2n) is 34.9. The molecule has 0 amide bonds. The predicted octanol–water partition coefficient (Wildman–Crippen LogP) is 26.8. The van der Waals surface area contributed by atoms with E-state index in [0.29, 0.717) is 62.0 Å². The number of carbonyl (C=O) groups excluding carboxylic acids is 2. The second kappa shape index (κ2) is 53.4. The van der Waals surface area contributed by atoms with E-state index in [1.54, 1.807) is 39.8 Å². The maximum atomic E-state index is 13.1. The fourth-order valence-electron chi connectivity index (χ4n) is 15.0. The summed E-state index contributed by atoms with van der Waals surface area (Å²) in [5.41, 5.74) is 19.9. The summed E-state index contributed by atoms with van der Waals surface area (Å²) in [7, 11) is -9.81. The van der Waals surface area contributed by atoms with Crippen molar-refractivity contribution in [2.24, 2.45) is 37.6 Å². The van der Waals surface area contributed by atoms with E-state index in [0.717, 1.165) is 147 Å². The number of benzene rings is 6. The number of aliphatic imine (C=N–C) groups is 4. The quantitative estimate of drug-likeness (QED) is 0.00795. The molecular formula is C100H146Br3N7O17P3+. The number of Topliss-reactive ketones (excluding diaryl/α,β-unsaturated/α-hetero) is 2. The van der Waals surface area contributed by atoms with Gasteiger partial charge in [-0.2, -0.15) is 4.58 Å². The average molecular weight is 2050 g/mol. The number of halogens is 3. The number of aliphatic carboxylic acids is 3. The van der Waals surface area contributed by atoms with E-state index in [4.69, 9.17) is 53.3 Å². The molecule has 24 nitrogen and oxygen atoms in total. The Morgan fingerprint density at radius 3 is 1.06 bits per heavy atom. The molecule has 0 aromatic heterocycles. The highest BCUT2D eigenvalue weighted by Gasteiger charge is 2.45. The summed E-state index contributed by atoms with van der Waals surface area (Å²) in [5, 5.41) is 27.6. The molecule has 5 aliphatic heterocycles. The first-order chi connectivity index (χ1) is 60.9. The number of carboxylic acids is 3. The van der Waals surface area contributed by atoms with Crippen LogP contribution in [0.25, 0.3) is 0 Å². The van der Waals surface area contributed by atoms with Gasteiger partial charge in [-0.3, -0.25) is 63.5 Å². The van der Waals surface area contributed by atoms with Gasteiger partial charge in [-0.15, -0.1) is 0 Å². The SMILES string of the molecule is CC(=O)C(C)C.CC(=O)C(C)CCCCCC(=O)O.CC1=Nc2ccc(Br)cc2C1(C)C.CC1=Nc2ccc(Br)cc2C1(C)CCCCCC(=O)O.CCOP(=O)(OCC)c1ccc2c(c1)C(C)(C)C(C)=N2.CCOP(=O)(OCC)c1ccc2c(c1)C(C)(C)C(C)=[N+]2CC.CCOP(=O)(OCC)c1ccc2c(c1)C(C)(CCCCCC(=O)O)C(C)=N2.NNc1ccc(Br)cc1. The molecule has 3 unspecified atom stereocenters. The van der Waals surface area contributed by atoms with Crippen molar-refractivity contribution in [1.29, 1.82) is 0 Å². The van der Waals surface area contributed by atoms with Crippen LogP contribution in [0.1, 0.15) is 297 Å². The Kier molecular flexibility index (Phi) is 47.4. The number of ketones is 2. The number of nitrogens with two attached hydrogens (primary N) is 1. The van der Waals surface area contributed by atoms with Gasteiger partial charge in [-0.25, -0.2) is 0 Å². The lowest BCUT2D eigenvalue weighted by molar-refractivity contribution is -0.434.